The smallest absolute Gasteiger partial charge is 0.379 e. The minimum Gasteiger partial charge on any atom is -0.379 e. The first-order valence-corrected chi connectivity index (χ1v) is 4.35. The molecule has 9 heavy (non-hydrogen) atoms. The molecular weight excluding hydrogens is 136 g/mol. The molecule has 0 aromatic carbocycles. The van der Waals surface area contributed by atoms with Crippen molar-refractivity contribution < 1.29 is 13.3 Å². The molecule has 0 spiro atoms. The highest BCUT2D eigenvalue weighted by Crippen LogP contribution is 1.81. The SMILES string of the molecule is CC.CO[SiH](OC)OC. The van der Waals surface area contributed by atoms with Crippen LogP contribution in [0.1, 0.15) is 13.8 Å². The van der Waals surface area contributed by atoms with Crippen molar-refractivity contribution in [2.45, 2.75) is 13.8 Å². The predicted molar refractivity (Wildman–Crippen MR) is 39.5 cm³/mol. The van der Waals surface area contributed by atoms with Gasteiger partial charge in [0.15, 0.2) is 0 Å². The van der Waals surface area contributed by atoms with Crippen LogP contribution in [0.25, 0.3) is 0 Å². The fourth-order valence-corrected chi connectivity index (χ4v) is 0.866. The zero-order valence-corrected chi connectivity index (χ0v) is 7.96. The van der Waals surface area contributed by atoms with Crippen molar-refractivity contribution in [3.05, 3.63) is 0 Å². The van der Waals surface area contributed by atoms with Gasteiger partial charge in [0.25, 0.3) is 0 Å². The molecule has 0 fully saturated rings. The Morgan fingerprint density at radius 1 is 0.778 bits per heavy atom. The van der Waals surface area contributed by atoms with E-state index < -0.39 is 9.53 Å². The largest absolute Gasteiger partial charge is 0.483 e. The van der Waals surface area contributed by atoms with E-state index in [0.717, 1.165) is 0 Å². The molecule has 0 aromatic heterocycles. The highest BCUT2D eigenvalue weighted by Gasteiger charge is 2.04. The average molecular weight is 152 g/mol. The Hall–Kier alpha value is 0.0969. The highest BCUT2D eigenvalue weighted by molar-refractivity contribution is 6.36. The first kappa shape index (κ1) is 11.8. The molecular formula is C5H16O3Si. The van der Waals surface area contributed by atoms with E-state index in [9.17, 15) is 0 Å². The molecule has 0 saturated carbocycles. The van der Waals surface area contributed by atoms with Crippen molar-refractivity contribution in [1.82, 2.24) is 0 Å². The maximum absolute atomic E-state index is 4.74. The van der Waals surface area contributed by atoms with Crippen LogP contribution in [-0.2, 0) is 13.3 Å². The molecule has 4 heteroatoms. The van der Waals surface area contributed by atoms with Crippen LogP contribution in [0.15, 0.2) is 0 Å². The van der Waals surface area contributed by atoms with Crippen molar-refractivity contribution in [2.75, 3.05) is 21.3 Å². The Balaban J connectivity index is 0. The Morgan fingerprint density at radius 2 is 1.00 bits per heavy atom. The summed E-state index contributed by atoms with van der Waals surface area (Å²) >= 11 is 0. The van der Waals surface area contributed by atoms with Crippen LogP contribution >= 0.6 is 0 Å². The van der Waals surface area contributed by atoms with Crippen molar-refractivity contribution in [1.29, 1.82) is 0 Å². The first-order valence-electron chi connectivity index (χ1n) is 2.93. The molecule has 0 unspecified atom stereocenters. The quantitative estimate of drug-likeness (QED) is 0.556. The standard InChI is InChI=1S/C3H10O3Si.C2H6/c1-4-7(5-2)6-3;1-2/h7H,1-3H3;1-2H3. The van der Waals surface area contributed by atoms with Crippen molar-refractivity contribution in [3.63, 3.8) is 0 Å². The summed E-state index contributed by atoms with van der Waals surface area (Å²) in [6, 6.07) is 0. The molecule has 0 aliphatic carbocycles. The zero-order chi connectivity index (χ0) is 7.70. The molecule has 0 aromatic rings. The Labute approximate surface area is 58.9 Å². The Kier molecular flexibility index (Phi) is 14.4. The van der Waals surface area contributed by atoms with Crippen LogP contribution in [0.3, 0.4) is 0 Å². The first-order chi connectivity index (χ1) is 4.35. The minimum absolute atomic E-state index is 1.57. The van der Waals surface area contributed by atoms with E-state index in [-0.39, 0.29) is 0 Å². The van der Waals surface area contributed by atoms with Crippen LogP contribution in [0.4, 0.5) is 0 Å². The number of rotatable bonds is 3. The lowest BCUT2D eigenvalue weighted by atomic mass is 11.0. The third kappa shape index (κ3) is 8.10. The minimum atomic E-state index is -1.67. The van der Waals surface area contributed by atoms with Gasteiger partial charge in [-0.15, -0.1) is 0 Å². The summed E-state index contributed by atoms with van der Waals surface area (Å²) < 4.78 is 14.2. The van der Waals surface area contributed by atoms with Crippen LogP contribution in [-0.4, -0.2) is 30.9 Å². The fraction of sp³-hybridized carbons (Fsp3) is 1.00. The van der Waals surface area contributed by atoms with Crippen molar-refractivity contribution in [2.24, 2.45) is 0 Å². The zero-order valence-electron chi connectivity index (χ0n) is 6.80. The molecule has 0 radical (unpaired) electrons. The maximum Gasteiger partial charge on any atom is 0.483 e. The third-order valence-electron chi connectivity index (χ3n) is 0.577. The van der Waals surface area contributed by atoms with E-state index >= 15 is 0 Å². The van der Waals surface area contributed by atoms with Crippen LogP contribution in [0.2, 0.25) is 0 Å². The average Bonchev–Trinajstić information content (AvgIpc) is 1.96. The van der Waals surface area contributed by atoms with Gasteiger partial charge >= 0.3 is 9.53 Å². The number of hydrogen-bond donors (Lipinski definition) is 0. The highest BCUT2D eigenvalue weighted by atomic mass is 28.3. The molecule has 0 heterocycles. The summed E-state index contributed by atoms with van der Waals surface area (Å²) in [5, 5.41) is 0. The molecule has 0 N–H and O–H groups in total. The monoisotopic (exact) mass is 152 g/mol. The summed E-state index contributed by atoms with van der Waals surface area (Å²) in [6.45, 7) is 4.00. The van der Waals surface area contributed by atoms with E-state index in [1.54, 1.807) is 21.3 Å². The lowest BCUT2D eigenvalue weighted by Crippen LogP contribution is -2.21. The van der Waals surface area contributed by atoms with E-state index in [0.29, 0.717) is 0 Å². The molecule has 0 aliphatic rings. The third-order valence-corrected chi connectivity index (χ3v) is 1.73. The van der Waals surface area contributed by atoms with Gasteiger partial charge in [-0.1, -0.05) is 13.8 Å². The molecule has 0 rings (SSSR count). The maximum atomic E-state index is 4.74. The van der Waals surface area contributed by atoms with Crippen LogP contribution in [0.5, 0.6) is 0 Å². The Morgan fingerprint density at radius 3 is 1.00 bits per heavy atom. The topological polar surface area (TPSA) is 27.7 Å². The van der Waals surface area contributed by atoms with Gasteiger partial charge in [0.05, 0.1) is 0 Å². The fourth-order valence-electron chi connectivity index (χ4n) is 0.289. The molecule has 0 bridgehead atoms. The van der Waals surface area contributed by atoms with Crippen molar-refractivity contribution in [3.8, 4) is 0 Å². The van der Waals surface area contributed by atoms with E-state index in [1.165, 1.54) is 0 Å². The van der Waals surface area contributed by atoms with Gasteiger partial charge in [-0.05, 0) is 0 Å². The van der Waals surface area contributed by atoms with Crippen molar-refractivity contribution >= 4 is 9.53 Å². The lowest BCUT2D eigenvalue weighted by molar-refractivity contribution is 0.163. The second kappa shape index (κ2) is 11.0. The van der Waals surface area contributed by atoms with Gasteiger partial charge < -0.3 is 13.3 Å². The Bertz CT molecular complexity index is 33.7. The summed E-state index contributed by atoms with van der Waals surface area (Å²) in [5.41, 5.74) is 0. The van der Waals surface area contributed by atoms with Gasteiger partial charge in [0, 0.05) is 21.3 Å². The van der Waals surface area contributed by atoms with Gasteiger partial charge in [0.1, 0.15) is 0 Å². The van der Waals surface area contributed by atoms with Gasteiger partial charge in [-0.2, -0.15) is 0 Å². The van der Waals surface area contributed by atoms with Gasteiger partial charge in [-0.25, -0.2) is 0 Å². The molecule has 0 amide bonds. The van der Waals surface area contributed by atoms with Gasteiger partial charge in [0.2, 0.25) is 0 Å². The summed E-state index contributed by atoms with van der Waals surface area (Å²) in [5.74, 6) is 0. The lowest BCUT2D eigenvalue weighted by Gasteiger charge is -2.05. The second-order valence-corrected chi connectivity index (χ2v) is 2.99. The van der Waals surface area contributed by atoms with Gasteiger partial charge in [-0.3, -0.25) is 0 Å². The summed E-state index contributed by atoms with van der Waals surface area (Å²) in [7, 11) is 3.05. The van der Waals surface area contributed by atoms with Crippen LogP contribution in [0, 0.1) is 0 Å². The molecule has 3 nitrogen and oxygen atoms in total. The molecule has 0 aliphatic heterocycles. The normalized spacial score (nSPS) is 8.67. The molecule has 58 valence electrons. The van der Waals surface area contributed by atoms with E-state index in [2.05, 4.69) is 0 Å². The molecule has 0 saturated heterocycles. The summed E-state index contributed by atoms with van der Waals surface area (Å²) in [4.78, 5) is 0. The molecule has 0 atom stereocenters. The second-order valence-electron chi connectivity index (χ2n) is 0.996. The predicted octanol–water partition coefficient (Wildman–Crippen LogP) is 0.669. The van der Waals surface area contributed by atoms with E-state index in [1.807, 2.05) is 13.8 Å². The van der Waals surface area contributed by atoms with E-state index in [4.69, 9.17) is 13.3 Å². The number of hydrogen-bond acceptors (Lipinski definition) is 3. The van der Waals surface area contributed by atoms with Crippen LogP contribution < -0.4 is 0 Å². The summed E-state index contributed by atoms with van der Waals surface area (Å²) in [6.07, 6.45) is 0.